The van der Waals surface area contributed by atoms with Crippen LogP contribution >= 0.6 is 22.9 Å². The molecule has 0 saturated heterocycles. The Labute approximate surface area is 183 Å². The molecule has 1 N–H and O–H groups in total. The minimum Gasteiger partial charge on any atom is -0.332 e. The molecule has 4 nitrogen and oxygen atoms in total. The fraction of sp³-hybridized carbons (Fsp3) is 0. The van der Waals surface area contributed by atoms with Crippen molar-refractivity contribution in [1.29, 1.82) is 0 Å². The molecule has 5 aromatic rings. The van der Waals surface area contributed by atoms with Crippen molar-refractivity contribution in [3.8, 4) is 28.2 Å². The van der Waals surface area contributed by atoms with Gasteiger partial charge in [0.1, 0.15) is 5.69 Å². The van der Waals surface area contributed by atoms with Gasteiger partial charge >= 0.3 is 0 Å². The third kappa shape index (κ3) is 3.85. The van der Waals surface area contributed by atoms with E-state index in [1.165, 1.54) is 0 Å². The number of benzene rings is 3. The summed E-state index contributed by atoms with van der Waals surface area (Å²) in [6, 6.07) is 27.8. The molecule has 0 radical (unpaired) electrons. The van der Waals surface area contributed by atoms with E-state index in [-0.39, 0.29) is 0 Å². The fourth-order valence-electron chi connectivity index (χ4n) is 3.20. The van der Waals surface area contributed by atoms with E-state index < -0.39 is 0 Å². The number of rotatable bonds is 5. The smallest absolute Gasteiger partial charge is 0.187 e. The van der Waals surface area contributed by atoms with Crippen molar-refractivity contribution in [3.05, 3.63) is 102 Å². The van der Waals surface area contributed by atoms with Gasteiger partial charge in [0.05, 0.1) is 11.4 Å². The molecule has 0 atom stereocenters. The lowest BCUT2D eigenvalue weighted by molar-refractivity contribution is 0.884. The second kappa shape index (κ2) is 8.14. The molecule has 0 amide bonds. The van der Waals surface area contributed by atoms with Crippen LogP contribution in [0.4, 0.5) is 10.8 Å². The third-order valence-corrected chi connectivity index (χ3v) is 5.67. The average Bonchev–Trinajstić information content (AvgIpc) is 3.43. The summed E-state index contributed by atoms with van der Waals surface area (Å²) in [7, 11) is 0. The van der Waals surface area contributed by atoms with Gasteiger partial charge in [-0.15, -0.1) is 11.3 Å². The van der Waals surface area contributed by atoms with Gasteiger partial charge in [0, 0.05) is 33.4 Å². The van der Waals surface area contributed by atoms with E-state index in [4.69, 9.17) is 21.7 Å². The molecule has 0 fully saturated rings. The number of para-hydroxylation sites is 2. The van der Waals surface area contributed by atoms with Gasteiger partial charge in [-0.2, -0.15) is 5.10 Å². The van der Waals surface area contributed by atoms with Crippen LogP contribution in [0.1, 0.15) is 0 Å². The van der Waals surface area contributed by atoms with Gasteiger partial charge in [-0.3, -0.25) is 0 Å². The van der Waals surface area contributed by atoms with Crippen molar-refractivity contribution in [2.24, 2.45) is 0 Å². The summed E-state index contributed by atoms with van der Waals surface area (Å²) in [5.41, 5.74) is 5.72. The first-order valence-electron chi connectivity index (χ1n) is 9.45. The Balaban J connectivity index is 1.56. The molecular formula is C24H17ClN4S. The summed E-state index contributed by atoms with van der Waals surface area (Å²) < 4.78 is 1.89. The lowest BCUT2D eigenvalue weighted by atomic mass is 10.1. The van der Waals surface area contributed by atoms with Gasteiger partial charge < -0.3 is 5.32 Å². The zero-order chi connectivity index (χ0) is 20.3. The van der Waals surface area contributed by atoms with Crippen molar-refractivity contribution < 1.29 is 0 Å². The summed E-state index contributed by atoms with van der Waals surface area (Å²) >= 11 is 7.66. The maximum atomic E-state index is 6.09. The molecule has 0 aliphatic carbocycles. The Morgan fingerprint density at radius 1 is 0.833 bits per heavy atom. The second-order valence-electron chi connectivity index (χ2n) is 6.71. The van der Waals surface area contributed by atoms with Crippen LogP contribution in [0, 0.1) is 0 Å². The van der Waals surface area contributed by atoms with Crippen molar-refractivity contribution in [1.82, 2.24) is 14.8 Å². The first kappa shape index (κ1) is 18.6. The first-order chi connectivity index (χ1) is 14.8. The highest BCUT2D eigenvalue weighted by molar-refractivity contribution is 7.14. The number of anilines is 2. The number of hydrogen-bond acceptors (Lipinski definition) is 4. The molecule has 0 unspecified atom stereocenters. The van der Waals surface area contributed by atoms with Crippen LogP contribution in [-0.4, -0.2) is 14.8 Å². The van der Waals surface area contributed by atoms with Crippen molar-refractivity contribution in [3.63, 3.8) is 0 Å². The monoisotopic (exact) mass is 428 g/mol. The van der Waals surface area contributed by atoms with Gasteiger partial charge in [-0.1, -0.05) is 60.1 Å². The lowest BCUT2D eigenvalue weighted by Gasteiger charge is -2.02. The Hall–Kier alpha value is -3.41. The molecule has 2 aromatic heterocycles. The highest BCUT2D eigenvalue weighted by atomic mass is 35.5. The highest BCUT2D eigenvalue weighted by Gasteiger charge is 2.17. The van der Waals surface area contributed by atoms with Crippen molar-refractivity contribution >= 4 is 33.8 Å². The van der Waals surface area contributed by atoms with Crippen LogP contribution < -0.4 is 5.32 Å². The Morgan fingerprint density at radius 2 is 1.53 bits per heavy atom. The van der Waals surface area contributed by atoms with Gasteiger partial charge in [-0.05, 0) is 36.4 Å². The lowest BCUT2D eigenvalue weighted by Crippen LogP contribution is -1.93. The first-order valence-corrected chi connectivity index (χ1v) is 10.7. The molecule has 146 valence electrons. The molecule has 0 saturated carbocycles. The van der Waals surface area contributed by atoms with Gasteiger partial charge in [-0.25, -0.2) is 9.67 Å². The van der Waals surface area contributed by atoms with Crippen molar-refractivity contribution in [2.75, 3.05) is 5.32 Å². The summed E-state index contributed by atoms with van der Waals surface area (Å²) in [4.78, 5) is 4.81. The Morgan fingerprint density at radius 3 is 2.27 bits per heavy atom. The van der Waals surface area contributed by atoms with E-state index in [1.807, 2.05) is 95.8 Å². The molecule has 2 heterocycles. The van der Waals surface area contributed by atoms with Crippen molar-refractivity contribution in [2.45, 2.75) is 0 Å². The van der Waals surface area contributed by atoms with Gasteiger partial charge in [0.2, 0.25) is 0 Å². The van der Waals surface area contributed by atoms with Gasteiger partial charge in [0.25, 0.3) is 0 Å². The second-order valence-corrected chi connectivity index (χ2v) is 8.00. The summed E-state index contributed by atoms with van der Waals surface area (Å²) in [6.45, 7) is 0. The minimum atomic E-state index is 0.700. The molecule has 0 aliphatic heterocycles. The molecule has 0 spiro atoms. The SMILES string of the molecule is Clc1ccc(-c2nn(-c3ccccc3)cc2-c2csc(Nc3ccccc3)n2)cc1. The maximum Gasteiger partial charge on any atom is 0.187 e. The van der Waals surface area contributed by atoms with Crippen LogP contribution in [0.15, 0.2) is 96.5 Å². The van der Waals surface area contributed by atoms with Gasteiger partial charge in [0.15, 0.2) is 5.13 Å². The van der Waals surface area contributed by atoms with E-state index >= 15 is 0 Å². The third-order valence-electron chi connectivity index (χ3n) is 4.66. The molecule has 30 heavy (non-hydrogen) atoms. The van der Waals surface area contributed by atoms with E-state index in [1.54, 1.807) is 11.3 Å². The molecule has 0 aliphatic rings. The number of aromatic nitrogens is 3. The highest BCUT2D eigenvalue weighted by Crippen LogP contribution is 2.35. The average molecular weight is 429 g/mol. The Bertz CT molecular complexity index is 1260. The standard InChI is InChI=1S/C24H17ClN4S/c25-18-13-11-17(12-14-18)23-21(15-29(28-23)20-9-5-2-6-10-20)22-16-30-24(27-22)26-19-7-3-1-4-8-19/h1-16H,(H,26,27). The quantitative estimate of drug-likeness (QED) is 0.326. The molecule has 3 aromatic carbocycles. The summed E-state index contributed by atoms with van der Waals surface area (Å²) in [5, 5.41) is 11.8. The summed E-state index contributed by atoms with van der Waals surface area (Å²) in [6.07, 6.45) is 2.03. The predicted octanol–water partition coefficient (Wildman–Crippen LogP) is 7.06. The normalized spacial score (nSPS) is 10.8. The maximum absolute atomic E-state index is 6.09. The molecule has 6 heteroatoms. The van der Waals surface area contributed by atoms with E-state index in [2.05, 4.69) is 10.7 Å². The van der Waals surface area contributed by atoms with Crippen LogP contribution in [0.5, 0.6) is 0 Å². The van der Waals surface area contributed by atoms with Crippen LogP contribution in [-0.2, 0) is 0 Å². The number of halogens is 1. The number of nitrogens with zero attached hydrogens (tertiary/aromatic N) is 3. The van der Waals surface area contributed by atoms with E-state index in [0.717, 1.165) is 39.0 Å². The minimum absolute atomic E-state index is 0.700. The molecule has 5 rings (SSSR count). The summed E-state index contributed by atoms with van der Waals surface area (Å²) in [5.74, 6) is 0. The zero-order valence-corrected chi connectivity index (χ0v) is 17.4. The van der Waals surface area contributed by atoms with E-state index in [9.17, 15) is 0 Å². The van der Waals surface area contributed by atoms with Crippen LogP contribution in [0.3, 0.4) is 0 Å². The number of hydrogen-bond donors (Lipinski definition) is 1. The van der Waals surface area contributed by atoms with Crippen LogP contribution in [0.2, 0.25) is 5.02 Å². The number of thiazole rings is 1. The van der Waals surface area contributed by atoms with Crippen LogP contribution in [0.25, 0.3) is 28.2 Å². The van der Waals surface area contributed by atoms with E-state index in [0.29, 0.717) is 5.02 Å². The fourth-order valence-corrected chi connectivity index (χ4v) is 4.05. The largest absolute Gasteiger partial charge is 0.332 e. The predicted molar refractivity (Wildman–Crippen MR) is 125 cm³/mol. The number of nitrogens with one attached hydrogen (secondary N) is 1. The zero-order valence-electron chi connectivity index (χ0n) is 15.9. The Kier molecular flexibility index (Phi) is 5.05. The molecular weight excluding hydrogens is 412 g/mol. The topological polar surface area (TPSA) is 42.7 Å². The molecule has 0 bridgehead atoms.